The number of aromatic nitrogens is 1. The van der Waals surface area contributed by atoms with Crippen LogP contribution in [0.25, 0.3) is 0 Å². The molecule has 7 heteroatoms. The first-order valence-electron chi connectivity index (χ1n) is 5.69. The van der Waals surface area contributed by atoms with Crippen LogP contribution >= 0.6 is 36.4 Å². The quantitative estimate of drug-likeness (QED) is 0.873. The van der Waals surface area contributed by atoms with E-state index in [0.29, 0.717) is 17.1 Å². The summed E-state index contributed by atoms with van der Waals surface area (Å²) in [6.07, 6.45) is 4.61. The van der Waals surface area contributed by atoms with Crippen LogP contribution in [0.4, 0.5) is 0 Å². The molecule has 0 aromatic carbocycles. The van der Waals surface area contributed by atoms with Gasteiger partial charge in [-0.25, -0.2) is 0 Å². The second kappa shape index (κ2) is 9.37. The molecule has 0 saturated carbocycles. The zero-order chi connectivity index (χ0) is 12.9. The highest BCUT2D eigenvalue weighted by Gasteiger charge is 2.21. The first-order chi connectivity index (χ1) is 8.02. The number of amides is 1. The van der Waals surface area contributed by atoms with Crippen molar-refractivity contribution in [3.05, 3.63) is 29.0 Å². The van der Waals surface area contributed by atoms with Crippen molar-refractivity contribution in [2.75, 3.05) is 6.54 Å². The fourth-order valence-corrected chi connectivity index (χ4v) is 1.62. The monoisotopic (exact) mass is 327 g/mol. The summed E-state index contributed by atoms with van der Waals surface area (Å²) in [6.45, 7) is 4.46. The zero-order valence-electron chi connectivity index (χ0n) is 11.0. The van der Waals surface area contributed by atoms with E-state index >= 15 is 0 Å². The molecular weight excluding hydrogens is 309 g/mol. The van der Waals surface area contributed by atoms with E-state index in [0.717, 1.165) is 12.8 Å². The summed E-state index contributed by atoms with van der Waals surface area (Å²) in [5.41, 5.74) is 6.18. The third-order valence-corrected chi connectivity index (χ3v) is 3.33. The van der Waals surface area contributed by atoms with Crippen LogP contribution < -0.4 is 11.1 Å². The van der Waals surface area contributed by atoms with Crippen LogP contribution in [-0.4, -0.2) is 23.0 Å². The average molecular weight is 329 g/mol. The van der Waals surface area contributed by atoms with E-state index in [2.05, 4.69) is 10.3 Å². The van der Waals surface area contributed by atoms with E-state index in [1.165, 1.54) is 12.4 Å². The molecule has 0 unspecified atom stereocenters. The van der Waals surface area contributed by atoms with Gasteiger partial charge in [-0.1, -0.05) is 25.4 Å². The van der Waals surface area contributed by atoms with Crippen molar-refractivity contribution in [1.29, 1.82) is 0 Å². The lowest BCUT2D eigenvalue weighted by molar-refractivity contribution is 0.0942. The molecule has 0 aliphatic heterocycles. The van der Waals surface area contributed by atoms with Gasteiger partial charge in [0.2, 0.25) is 0 Å². The predicted molar refractivity (Wildman–Crippen MR) is 83.6 cm³/mol. The summed E-state index contributed by atoms with van der Waals surface area (Å²) < 4.78 is 0. The maximum absolute atomic E-state index is 11.9. The molecule has 0 spiro atoms. The number of hydrogen-bond acceptors (Lipinski definition) is 3. The maximum Gasteiger partial charge on any atom is 0.252 e. The molecule has 0 bridgehead atoms. The largest absolute Gasteiger partial charge is 0.350 e. The van der Waals surface area contributed by atoms with Crippen molar-refractivity contribution < 1.29 is 4.79 Å². The van der Waals surface area contributed by atoms with E-state index in [-0.39, 0.29) is 36.3 Å². The minimum Gasteiger partial charge on any atom is -0.350 e. The van der Waals surface area contributed by atoms with E-state index in [9.17, 15) is 4.79 Å². The number of nitrogens with one attached hydrogen (secondary N) is 1. The Labute approximate surface area is 131 Å². The van der Waals surface area contributed by atoms with Gasteiger partial charge in [-0.15, -0.1) is 24.8 Å². The van der Waals surface area contributed by atoms with Crippen LogP contribution in [-0.2, 0) is 0 Å². The molecule has 0 radical (unpaired) electrons. The molecule has 1 aromatic heterocycles. The first kappa shape index (κ1) is 20.8. The number of hydrogen-bond donors (Lipinski definition) is 2. The van der Waals surface area contributed by atoms with Crippen molar-refractivity contribution >= 4 is 42.3 Å². The van der Waals surface area contributed by atoms with Crippen molar-refractivity contribution in [3.8, 4) is 0 Å². The molecule has 0 atom stereocenters. The Morgan fingerprint density at radius 1 is 1.42 bits per heavy atom. The second-order valence-corrected chi connectivity index (χ2v) is 4.51. The van der Waals surface area contributed by atoms with Gasteiger partial charge in [0.1, 0.15) is 0 Å². The lowest BCUT2D eigenvalue weighted by atomic mass is 9.94. The summed E-state index contributed by atoms with van der Waals surface area (Å²) in [5, 5.41) is 3.15. The second-order valence-electron chi connectivity index (χ2n) is 4.11. The topological polar surface area (TPSA) is 68.0 Å². The van der Waals surface area contributed by atoms with Crippen molar-refractivity contribution in [1.82, 2.24) is 10.3 Å². The number of carbonyl (C=O) groups excluding carboxylic acids is 1. The van der Waals surface area contributed by atoms with Crippen LogP contribution in [0.15, 0.2) is 18.5 Å². The fraction of sp³-hybridized carbons (Fsp3) is 0.500. The Hall–Kier alpha value is -0.550. The Morgan fingerprint density at radius 3 is 2.47 bits per heavy atom. The average Bonchev–Trinajstić information content (AvgIpc) is 2.36. The Kier molecular flexibility index (Phi) is 10.2. The van der Waals surface area contributed by atoms with E-state index in [4.69, 9.17) is 17.3 Å². The minimum absolute atomic E-state index is 0. The number of pyridine rings is 1. The third-order valence-electron chi connectivity index (χ3n) is 3.03. The molecular formula is C12H20Cl3N3O. The van der Waals surface area contributed by atoms with Gasteiger partial charge in [-0.3, -0.25) is 9.78 Å². The SMILES string of the molecule is CCC(N)(CC)CNC(=O)c1ccncc1Cl.Cl.Cl. The third kappa shape index (κ3) is 5.95. The molecule has 0 aliphatic rings. The van der Waals surface area contributed by atoms with Crippen LogP contribution in [0, 0.1) is 0 Å². The molecule has 0 aliphatic carbocycles. The summed E-state index contributed by atoms with van der Waals surface area (Å²) in [5.74, 6) is -0.214. The number of rotatable bonds is 5. The smallest absolute Gasteiger partial charge is 0.252 e. The Morgan fingerprint density at radius 2 is 2.00 bits per heavy atom. The number of nitrogens with zero attached hydrogens (tertiary/aromatic N) is 1. The van der Waals surface area contributed by atoms with Gasteiger partial charge in [0.05, 0.1) is 10.6 Å². The highest BCUT2D eigenvalue weighted by atomic mass is 35.5. The van der Waals surface area contributed by atoms with Crippen LogP contribution in [0.1, 0.15) is 37.0 Å². The van der Waals surface area contributed by atoms with Gasteiger partial charge >= 0.3 is 0 Å². The van der Waals surface area contributed by atoms with Gasteiger partial charge in [0.15, 0.2) is 0 Å². The van der Waals surface area contributed by atoms with Crippen molar-refractivity contribution in [2.45, 2.75) is 32.2 Å². The zero-order valence-corrected chi connectivity index (χ0v) is 13.4. The van der Waals surface area contributed by atoms with Gasteiger partial charge in [0, 0.05) is 24.5 Å². The molecule has 19 heavy (non-hydrogen) atoms. The highest BCUT2D eigenvalue weighted by molar-refractivity contribution is 6.33. The number of halogens is 3. The molecule has 1 heterocycles. The van der Waals surface area contributed by atoms with Crippen LogP contribution in [0.5, 0.6) is 0 Å². The molecule has 0 saturated heterocycles. The molecule has 1 aromatic rings. The van der Waals surface area contributed by atoms with E-state index in [1.54, 1.807) is 6.07 Å². The standard InChI is InChI=1S/C12H18ClN3O.2ClH/c1-3-12(14,4-2)8-16-11(17)9-5-6-15-7-10(9)13;;/h5-7H,3-4,8,14H2,1-2H3,(H,16,17);2*1H. The lowest BCUT2D eigenvalue weighted by Gasteiger charge is -2.26. The van der Waals surface area contributed by atoms with Crippen LogP contribution in [0.3, 0.4) is 0 Å². The van der Waals surface area contributed by atoms with Gasteiger partial charge in [-0.05, 0) is 18.9 Å². The minimum atomic E-state index is -0.352. The normalized spacial score (nSPS) is 10.1. The highest BCUT2D eigenvalue weighted by Crippen LogP contribution is 2.14. The predicted octanol–water partition coefficient (Wildman–Crippen LogP) is 2.83. The van der Waals surface area contributed by atoms with E-state index in [1.807, 2.05) is 13.8 Å². The number of nitrogens with two attached hydrogens (primary N) is 1. The maximum atomic E-state index is 11.9. The molecule has 1 rings (SSSR count). The summed E-state index contributed by atoms with van der Waals surface area (Å²) in [6, 6.07) is 1.59. The molecule has 0 fully saturated rings. The Bertz CT molecular complexity index is 398. The van der Waals surface area contributed by atoms with E-state index < -0.39 is 0 Å². The molecule has 1 amide bonds. The van der Waals surface area contributed by atoms with Crippen LogP contribution in [0.2, 0.25) is 5.02 Å². The van der Waals surface area contributed by atoms with Crippen molar-refractivity contribution in [2.24, 2.45) is 5.73 Å². The lowest BCUT2D eigenvalue weighted by Crippen LogP contribution is -2.49. The Balaban J connectivity index is 0. The molecule has 110 valence electrons. The molecule has 3 N–H and O–H groups in total. The fourth-order valence-electron chi connectivity index (χ4n) is 1.41. The van der Waals surface area contributed by atoms with Crippen molar-refractivity contribution in [3.63, 3.8) is 0 Å². The first-order valence-corrected chi connectivity index (χ1v) is 6.07. The summed E-state index contributed by atoms with van der Waals surface area (Å²) >= 11 is 5.88. The number of carbonyl (C=O) groups is 1. The van der Waals surface area contributed by atoms with Gasteiger partial charge in [-0.2, -0.15) is 0 Å². The molecule has 4 nitrogen and oxygen atoms in total. The summed E-state index contributed by atoms with van der Waals surface area (Å²) in [4.78, 5) is 15.7. The van der Waals surface area contributed by atoms with Gasteiger partial charge < -0.3 is 11.1 Å². The summed E-state index contributed by atoms with van der Waals surface area (Å²) in [7, 11) is 0. The van der Waals surface area contributed by atoms with Gasteiger partial charge in [0.25, 0.3) is 5.91 Å².